The average molecular weight is 854 g/mol. The summed E-state index contributed by atoms with van der Waals surface area (Å²) in [5, 5.41) is 16.2. The van der Waals surface area contributed by atoms with Crippen molar-refractivity contribution in [1.29, 1.82) is 0 Å². The van der Waals surface area contributed by atoms with Crippen LogP contribution in [0.25, 0.3) is 54.7 Å². The summed E-state index contributed by atoms with van der Waals surface area (Å²) in [5.74, 6) is 0.417. The first-order valence-electron chi connectivity index (χ1n) is 16.2. The van der Waals surface area contributed by atoms with E-state index >= 15 is 0 Å². The van der Waals surface area contributed by atoms with Gasteiger partial charge in [-0.2, -0.15) is 13.2 Å². The first-order valence-corrected chi connectivity index (χ1v) is 16.2. The Balaban J connectivity index is 0.000000345. The summed E-state index contributed by atoms with van der Waals surface area (Å²) in [6.45, 7) is 15.5. The Hall–Kier alpha value is -4.32. The van der Waals surface area contributed by atoms with E-state index in [1.165, 1.54) is 23.8 Å². The number of halogens is 3. The molecule has 1 aromatic heterocycles. The van der Waals surface area contributed by atoms with Crippen molar-refractivity contribution in [3.05, 3.63) is 126 Å². The Morgan fingerprint density at radius 3 is 1.86 bits per heavy atom. The van der Waals surface area contributed by atoms with Gasteiger partial charge >= 0.3 is 12.0 Å². The standard InChI is InChI=1S/C32H21F3N.C11H20O2.Ir/c1-19-15-20(2)17-24(16-19)31-30-12-11-27-26-9-5-22(21-3-7-25(8-4-21)32(33,34)35)18-23(26)6-10-28(27)29(30)13-14-36-31;1-10(2,3)8(12)7-9(13)11(4,5)6;/h3-16,18H,1-2H3;7,12H,1-6H3;/q-1;;/p+1/b;8-7-;. The van der Waals surface area contributed by atoms with Crippen LogP contribution in [0.15, 0.2) is 103 Å². The fourth-order valence-electron chi connectivity index (χ4n) is 5.64. The molecule has 7 heteroatoms. The second kappa shape index (κ2) is 14.5. The Bertz CT molecular complexity index is 2200. The maximum absolute atomic E-state index is 12.9. The van der Waals surface area contributed by atoms with E-state index in [-0.39, 0.29) is 42.5 Å². The number of aliphatic hydroxyl groups excluding tert-OH is 1. The van der Waals surface area contributed by atoms with Crippen molar-refractivity contribution in [2.45, 2.75) is 61.6 Å². The van der Waals surface area contributed by atoms with Gasteiger partial charge in [-0.15, -0.1) is 34.9 Å². The van der Waals surface area contributed by atoms with E-state index in [0.29, 0.717) is 0 Å². The number of alkyl halides is 3. The molecule has 0 saturated heterocycles. The molecule has 0 saturated carbocycles. The number of nitrogens with zero attached hydrogens (tertiary/aromatic N) is 1. The van der Waals surface area contributed by atoms with E-state index in [1.54, 1.807) is 0 Å². The van der Waals surface area contributed by atoms with Gasteiger partial charge in [0.05, 0.1) is 17.1 Å². The van der Waals surface area contributed by atoms with Gasteiger partial charge in [-0.1, -0.05) is 83.1 Å². The van der Waals surface area contributed by atoms with Gasteiger partial charge < -0.3 is 10.1 Å². The van der Waals surface area contributed by atoms with Crippen LogP contribution in [0.2, 0.25) is 0 Å². The molecular weight excluding hydrogens is 812 g/mol. The van der Waals surface area contributed by atoms with E-state index < -0.39 is 11.7 Å². The predicted molar refractivity (Wildman–Crippen MR) is 198 cm³/mol. The van der Waals surface area contributed by atoms with E-state index in [0.717, 1.165) is 72.4 Å². The van der Waals surface area contributed by atoms with Crippen LogP contribution in [0, 0.1) is 30.7 Å². The first kappa shape index (κ1) is 38.5. The van der Waals surface area contributed by atoms with Crippen LogP contribution in [0.5, 0.6) is 0 Å². The van der Waals surface area contributed by atoms with Crippen LogP contribution in [0.1, 0.15) is 58.2 Å². The van der Waals surface area contributed by atoms with Crippen molar-refractivity contribution in [2.75, 3.05) is 0 Å². The van der Waals surface area contributed by atoms with E-state index in [1.807, 2.05) is 72.9 Å². The Labute approximate surface area is 305 Å². The molecule has 50 heavy (non-hydrogen) atoms. The number of aromatic nitrogens is 1. The normalized spacial score (nSPS) is 12.4. The van der Waals surface area contributed by atoms with Crippen molar-refractivity contribution in [3.8, 4) is 22.4 Å². The topological polar surface area (TPSA) is 54.5 Å². The van der Waals surface area contributed by atoms with Crippen molar-refractivity contribution < 1.29 is 43.2 Å². The zero-order chi connectivity index (χ0) is 35.9. The molecule has 0 aliphatic carbocycles. The van der Waals surface area contributed by atoms with Crippen LogP contribution < -0.4 is 0 Å². The number of ketones is 1. The first-order chi connectivity index (χ1) is 22.8. The Morgan fingerprint density at radius 1 is 0.700 bits per heavy atom. The van der Waals surface area contributed by atoms with E-state index in [9.17, 15) is 23.1 Å². The number of hydrogen-bond acceptors (Lipinski definition) is 2. The largest absolute Gasteiger partial charge is 0.511 e. The van der Waals surface area contributed by atoms with Gasteiger partial charge in [0.15, 0.2) is 0 Å². The number of fused-ring (bicyclic) bond motifs is 5. The molecule has 0 aliphatic rings. The third-order valence-corrected chi connectivity index (χ3v) is 8.52. The van der Waals surface area contributed by atoms with Gasteiger partial charge in [0.25, 0.3) is 0 Å². The molecule has 0 bridgehead atoms. The molecule has 5 aromatic carbocycles. The summed E-state index contributed by atoms with van der Waals surface area (Å²) < 4.78 is 38.8. The Morgan fingerprint density at radius 2 is 1.26 bits per heavy atom. The van der Waals surface area contributed by atoms with Crippen LogP contribution in [-0.4, -0.2) is 20.7 Å². The van der Waals surface area contributed by atoms with E-state index in [2.05, 4.69) is 55.5 Å². The summed E-state index contributed by atoms with van der Waals surface area (Å²) in [5.41, 5.74) is 4.54. The van der Waals surface area contributed by atoms with Gasteiger partial charge in [-0.25, -0.2) is 0 Å². The minimum absolute atomic E-state index is 0. The number of carbonyl (C=O) groups excluding carboxylic acids is 1. The molecule has 0 atom stereocenters. The molecule has 0 spiro atoms. The molecular formula is C43H42F3IrNO2. The molecule has 2 N–H and O–H groups in total. The maximum Gasteiger partial charge on any atom is 0.416 e. The van der Waals surface area contributed by atoms with Crippen molar-refractivity contribution >= 4 is 38.1 Å². The summed E-state index contributed by atoms with van der Waals surface area (Å²) in [4.78, 5) is 14.3. The van der Waals surface area contributed by atoms with Gasteiger partial charge in [-0.05, 0) is 94.2 Å². The number of rotatable bonds is 3. The fraction of sp³-hybridized carbons (Fsp3) is 0.256. The SMILES string of the molecule is CC(C)(C)C(=[OH+])/C=C(\O)C(C)(C)C.Cc1[c-]c(-c2nccc3c2ccc2c4ccc(-c5ccc(C(F)(F)F)cc5)cc4ccc32)cc(C)c1.[Ir]. The minimum Gasteiger partial charge on any atom is -0.511 e. The van der Waals surface area contributed by atoms with Crippen molar-refractivity contribution in [1.82, 2.24) is 4.98 Å². The molecule has 0 amide bonds. The van der Waals surface area contributed by atoms with Crippen LogP contribution in [0.3, 0.4) is 0 Å². The zero-order valence-corrected chi connectivity index (χ0v) is 31.9. The monoisotopic (exact) mass is 854 g/mol. The van der Waals surface area contributed by atoms with Gasteiger partial charge in [-0.3, -0.25) is 4.79 Å². The smallest absolute Gasteiger partial charge is 0.416 e. The maximum atomic E-state index is 12.9. The van der Waals surface area contributed by atoms with Crippen LogP contribution >= 0.6 is 0 Å². The second-order valence-electron chi connectivity index (χ2n) is 14.7. The number of hydrogen-bond donors (Lipinski definition) is 1. The summed E-state index contributed by atoms with van der Waals surface area (Å²) in [6, 6.07) is 29.5. The van der Waals surface area contributed by atoms with Crippen molar-refractivity contribution in [2.24, 2.45) is 10.8 Å². The zero-order valence-electron chi connectivity index (χ0n) is 29.5. The third kappa shape index (κ3) is 8.51. The average Bonchev–Trinajstić information content (AvgIpc) is 3.02. The number of aryl methyl sites for hydroxylation is 2. The second-order valence-corrected chi connectivity index (χ2v) is 14.7. The van der Waals surface area contributed by atoms with Gasteiger partial charge in [0.1, 0.15) is 5.76 Å². The molecule has 0 fully saturated rings. The molecule has 261 valence electrons. The number of benzene rings is 5. The molecule has 0 unspecified atom stereocenters. The minimum atomic E-state index is -4.34. The quantitative estimate of drug-likeness (QED) is 0.0634. The van der Waals surface area contributed by atoms with Gasteiger partial charge in [0.2, 0.25) is 0 Å². The van der Waals surface area contributed by atoms with E-state index in [4.69, 9.17) is 4.98 Å². The molecule has 3 nitrogen and oxygen atoms in total. The third-order valence-electron chi connectivity index (χ3n) is 8.52. The number of pyridine rings is 1. The molecule has 0 aliphatic heterocycles. The molecule has 6 rings (SSSR count). The van der Waals surface area contributed by atoms with Crippen LogP contribution in [-0.2, 0) is 26.3 Å². The van der Waals surface area contributed by atoms with Crippen molar-refractivity contribution in [3.63, 3.8) is 0 Å². The molecule has 1 radical (unpaired) electrons. The molecule has 6 aromatic rings. The predicted octanol–water partition coefficient (Wildman–Crippen LogP) is 12.4. The summed E-state index contributed by atoms with van der Waals surface area (Å²) in [7, 11) is 0. The summed E-state index contributed by atoms with van der Waals surface area (Å²) >= 11 is 0. The molecule has 1 heterocycles. The number of aliphatic hydroxyl groups is 1. The van der Waals surface area contributed by atoms with Gasteiger partial charge in [0, 0.05) is 31.7 Å². The summed E-state index contributed by atoms with van der Waals surface area (Å²) in [6.07, 6.45) is -1.05. The fourth-order valence-corrected chi connectivity index (χ4v) is 5.64. The van der Waals surface area contributed by atoms with Crippen LogP contribution in [0.4, 0.5) is 13.2 Å². The number of allylic oxidation sites excluding steroid dienone is 2. The Kier molecular flexibility index (Phi) is 11.2.